The van der Waals surface area contributed by atoms with E-state index in [9.17, 15) is 0 Å². The van der Waals surface area contributed by atoms with Crippen molar-refractivity contribution in [3.05, 3.63) is 28.5 Å². The second-order valence-corrected chi connectivity index (χ2v) is 5.57. The second kappa shape index (κ2) is 6.61. The van der Waals surface area contributed by atoms with Crippen molar-refractivity contribution in [2.45, 2.75) is 24.9 Å². The number of rotatable bonds is 7. The minimum absolute atomic E-state index is 0.234. The molecule has 5 heteroatoms. The Balaban J connectivity index is 2.13. The topological polar surface area (TPSA) is 51.4 Å². The first kappa shape index (κ1) is 13.9. The van der Waals surface area contributed by atoms with Crippen LogP contribution >= 0.6 is 15.9 Å². The molecule has 0 bridgehead atoms. The third-order valence-electron chi connectivity index (χ3n) is 3.30. The molecule has 0 amide bonds. The fourth-order valence-corrected chi connectivity index (χ4v) is 2.65. The molecule has 1 aromatic rings. The molecule has 1 fully saturated rings. The van der Waals surface area contributed by atoms with E-state index in [-0.39, 0.29) is 6.04 Å². The SMILES string of the molecule is COCCN(C1CC1)C(CN)c1cncc(Br)c1. The minimum Gasteiger partial charge on any atom is -0.383 e. The van der Waals surface area contributed by atoms with Gasteiger partial charge in [0.1, 0.15) is 0 Å². The van der Waals surface area contributed by atoms with Gasteiger partial charge in [0, 0.05) is 49.1 Å². The largest absolute Gasteiger partial charge is 0.383 e. The van der Waals surface area contributed by atoms with Gasteiger partial charge >= 0.3 is 0 Å². The Bertz CT molecular complexity index is 384. The lowest BCUT2D eigenvalue weighted by Crippen LogP contribution is -2.37. The number of hydrogen-bond donors (Lipinski definition) is 1. The summed E-state index contributed by atoms with van der Waals surface area (Å²) in [6.07, 6.45) is 6.24. The molecule has 0 spiro atoms. The van der Waals surface area contributed by atoms with Crippen molar-refractivity contribution >= 4 is 15.9 Å². The van der Waals surface area contributed by atoms with E-state index in [1.165, 1.54) is 18.4 Å². The zero-order valence-electron chi connectivity index (χ0n) is 10.7. The van der Waals surface area contributed by atoms with Gasteiger partial charge in [0.05, 0.1) is 6.61 Å². The van der Waals surface area contributed by atoms with Crippen LogP contribution in [0.1, 0.15) is 24.4 Å². The molecular weight excluding hydrogens is 294 g/mol. The van der Waals surface area contributed by atoms with Gasteiger partial charge in [0.25, 0.3) is 0 Å². The standard InChI is InChI=1S/C13H20BrN3O/c1-18-5-4-17(12-2-3-12)13(7-15)10-6-11(14)9-16-8-10/h6,8-9,12-13H,2-5,7,15H2,1H3. The minimum atomic E-state index is 0.234. The highest BCUT2D eigenvalue weighted by atomic mass is 79.9. The van der Waals surface area contributed by atoms with Crippen LogP contribution in [-0.2, 0) is 4.74 Å². The number of aromatic nitrogens is 1. The zero-order valence-corrected chi connectivity index (χ0v) is 12.3. The fraction of sp³-hybridized carbons (Fsp3) is 0.615. The summed E-state index contributed by atoms with van der Waals surface area (Å²) < 4.78 is 6.20. The first-order valence-corrected chi connectivity index (χ1v) is 7.10. The van der Waals surface area contributed by atoms with E-state index >= 15 is 0 Å². The van der Waals surface area contributed by atoms with E-state index in [1.807, 2.05) is 6.20 Å². The molecule has 1 aliphatic rings. The van der Waals surface area contributed by atoms with Crippen molar-refractivity contribution < 1.29 is 4.74 Å². The summed E-state index contributed by atoms with van der Waals surface area (Å²) in [5.74, 6) is 0. The Labute approximate surface area is 117 Å². The summed E-state index contributed by atoms with van der Waals surface area (Å²) in [5, 5.41) is 0. The zero-order chi connectivity index (χ0) is 13.0. The van der Waals surface area contributed by atoms with E-state index in [0.29, 0.717) is 12.6 Å². The van der Waals surface area contributed by atoms with E-state index in [4.69, 9.17) is 10.5 Å². The van der Waals surface area contributed by atoms with Crippen LogP contribution in [0.5, 0.6) is 0 Å². The van der Waals surface area contributed by atoms with Crippen molar-refractivity contribution in [3.8, 4) is 0 Å². The van der Waals surface area contributed by atoms with Gasteiger partial charge in [-0.05, 0) is 40.4 Å². The Kier molecular flexibility index (Phi) is 5.12. The van der Waals surface area contributed by atoms with Crippen LogP contribution in [0.15, 0.2) is 22.9 Å². The van der Waals surface area contributed by atoms with E-state index in [0.717, 1.165) is 17.6 Å². The maximum atomic E-state index is 5.97. The second-order valence-electron chi connectivity index (χ2n) is 4.65. The number of hydrogen-bond acceptors (Lipinski definition) is 4. The average Bonchev–Trinajstić information content (AvgIpc) is 3.18. The molecule has 0 radical (unpaired) electrons. The average molecular weight is 314 g/mol. The van der Waals surface area contributed by atoms with Gasteiger partial charge in [-0.3, -0.25) is 9.88 Å². The number of methoxy groups -OCH3 is 1. The third-order valence-corrected chi connectivity index (χ3v) is 3.74. The maximum absolute atomic E-state index is 5.97. The first-order chi connectivity index (χ1) is 8.76. The highest BCUT2D eigenvalue weighted by molar-refractivity contribution is 9.10. The van der Waals surface area contributed by atoms with Crippen LogP contribution in [0.4, 0.5) is 0 Å². The summed E-state index contributed by atoms with van der Waals surface area (Å²) in [5.41, 5.74) is 7.14. The Morgan fingerprint density at radius 2 is 2.33 bits per heavy atom. The molecule has 0 aliphatic heterocycles. The normalized spacial score (nSPS) is 17.1. The molecule has 2 rings (SSSR count). The lowest BCUT2D eigenvalue weighted by atomic mass is 10.1. The Morgan fingerprint density at radius 3 is 2.89 bits per heavy atom. The fourth-order valence-electron chi connectivity index (χ4n) is 2.27. The Hall–Kier alpha value is -0.490. The van der Waals surface area contributed by atoms with Crippen LogP contribution < -0.4 is 5.73 Å². The van der Waals surface area contributed by atoms with Crippen LogP contribution in [-0.4, -0.2) is 42.7 Å². The van der Waals surface area contributed by atoms with Gasteiger partial charge in [-0.15, -0.1) is 0 Å². The molecule has 100 valence electrons. The molecule has 1 aliphatic carbocycles. The molecule has 1 atom stereocenters. The number of nitrogens with two attached hydrogens (primary N) is 1. The van der Waals surface area contributed by atoms with Crippen molar-refractivity contribution in [2.24, 2.45) is 5.73 Å². The molecule has 4 nitrogen and oxygen atoms in total. The van der Waals surface area contributed by atoms with Gasteiger partial charge in [-0.1, -0.05) is 0 Å². The molecule has 0 saturated heterocycles. The molecule has 1 unspecified atom stereocenters. The summed E-state index contributed by atoms with van der Waals surface area (Å²) >= 11 is 3.47. The number of halogens is 1. The van der Waals surface area contributed by atoms with Gasteiger partial charge in [0.2, 0.25) is 0 Å². The van der Waals surface area contributed by atoms with E-state index < -0.39 is 0 Å². The quantitative estimate of drug-likeness (QED) is 0.836. The van der Waals surface area contributed by atoms with Crippen molar-refractivity contribution in [3.63, 3.8) is 0 Å². The van der Waals surface area contributed by atoms with E-state index in [1.54, 1.807) is 13.3 Å². The van der Waals surface area contributed by atoms with Crippen LogP contribution in [0.2, 0.25) is 0 Å². The molecule has 1 heterocycles. The number of ether oxygens (including phenoxy) is 1. The van der Waals surface area contributed by atoms with Crippen LogP contribution in [0, 0.1) is 0 Å². The molecule has 2 N–H and O–H groups in total. The summed E-state index contributed by atoms with van der Waals surface area (Å²) in [6.45, 7) is 2.28. The highest BCUT2D eigenvalue weighted by Gasteiger charge is 2.33. The maximum Gasteiger partial charge on any atom is 0.0590 e. The predicted octanol–water partition coefficient (Wildman–Crippen LogP) is 1.95. The number of nitrogens with zero attached hydrogens (tertiary/aromatic N) is 2. The highest BCUT2D eigenvalue weighted by Crippen LogP contribution is 2.34. The smallest absolute Gasteiger partial charge is 0.0590 e. The summed E-state index contributed by atoms with van der Waals surface area (Å²) in [6, 6.07) is 3.00. The van der Waals surface area contributed by atoms with Gasteiger partial charge in [-0.2, -0.15) is 0 Å². The molecule has 1 aromatic heterocycles. The Morgan fingerprint density at radius 1 is 1.56 bits per heavy atom. The number of pyridine rings is 1. The van der Waals surface area contributed by atoms with Crippen molar-refractivity contribution in [1.82, 2.24) is 9.88 Å². The molecule has 1 saturated carbocycles. The lowest BCUT2D eigenvalue weighted by Gasteiger charge is -2.31. The van der Waals surface area contributed by atoms with Crippen molar-refractivity contribution in [1.29, 1.82) is 0 Å². The van der Waals surface area contributed by atoms with Gasteiger partial charge in [0.15, 0.2) is 0 Å². The molecule has 0 aromatic carbocycles. The van der Waals surface area contributed by atoms with Crippen LogP contribution in [0.25, 0.3) is 0 Å². The molecular formula is C13H20BrN3O. The van der Waals surface area contributed by atoms with Crippen LogP contribution in [0.3, 0.4) is 0 Å². The third kappa shape index (κ3) is 3.51. The monoisotopic (exact) mass is 313 g/mol. The summed E-state index contributed by atoms with van der Waals surface area (Å²) in [4.78, 5) is 6.69. The molecule has 18 heavy (non-hydrogen) atoms. The summed E-state index contributed by atoms with van der Waals surface area (Å²) in [7, 11) is 1.74. The lowest BCUT2D eigenvalue weighted by molar-refractivity contribution is 0.115. The van der Waals surface area contributed by atoms with Gasteiger partial charge in [-0.25, -0.2) is 0 Å². The predicted molar refractivity (Wildman–Crippen MR) is 75.3 cm³/mol. The van der Waals surface area contributed by atoms with Gasteiger partial charge < -0.3 is 10.5 Å². The van der Waals surface area contributed by atoms with E-state index in [2.05, 4.69) is 31.9 Å². The first-order valence-electron chi connectivity index (χ1n) is 6.31. The van der Waals surface area contributed by atoms with Crippen molar-refractivity contribution in [2.75, 3.05) is 26.8 Å².